The topological polar surface area (TPSA) is 59.2 Å². The monoisotopic (exact) mass is 383 g/mol. The first-order chi connectivity index (χ1) is 12.6. The molecule has 4 rings (SSSR count). The van der Waals surface area contributed by atoms with E-state index in [2.05, 4.69) is 9.97 Å². The molecule has 26 heavy (non-hydrogen) atoms. The molecule has 1 amide bonds. The van der Waals surface area contributed by atoms with Gasteiger partial charge in [-0.2, -0.15) is 0 Å². The normalized spacial score (nSPS) is 11.0. The lowest BCUT2D eigenvalue weighted by atomic mass is 10.2. The number of anilines is 1. The smallest absolute Gasteiger partial charge is 0.296 e. The summed E-state index contributed by atoms with van der Waals surface area (Å²) in [4.78, 5) is 23.6. The molecule has 3 aromatic heterocycles. The highest BCUT2D eigenvalue weighted by Crippen LogP contribution is 2.34. The lowest BCUT2D eigenvalue weighted by Crippen LogP contribution is -2.30. The number of aryl methyl sites for hydroxylation is 1. The summed E-state index contributed by atoms with van der Waals surface area (Å²) < 4.78 is 6.23. The zero-order valence-electron chi connectivity index (χ0n) is 13.8. The number of furan rings is 1. The van der Waals surface area contributed by atoms with E-state index in [1.54, 1.807) is 23.2 Å². The number of rotatable bonds is 4. The Labute approximate surface area is 158 Å². The molecule has 0 saturated carbocycles. The van der Waals surface area contributed by atoms with Gasteiger partial charge in [-0.05, 0) is 48.9 Å². The number of aromatic nitrogens is 2. The number of thiazole rings is 1. The lowest BCUT2D eigenvalue weighted by Gasteiger charge is -2.18. The van der Waals surface area contributed by atoms with Crippen molar-refractivity contribution in [1.82, 2.24) is 9.97 Å². The summed E-state index contributed by atoms with van der Waals surface area (Å²) in [6, 6.07) is 12.7. The maximum atomic E-state index is 13.0. The molecule has 0 bridgehead atoms. The zero-order valence-corrected chi connectivity index (χ0v) is 15.4. The number of amides is 1. The number of pyridine rings is 1. The predicted octanol–water partition coefficient (Wildman–Crippen LogP) is 5.09. The van der Waals surface area contributed by atoms with Gasteiger partial charge in [-0.3, -0.25) is 14.7 Å². The highest BCUT2D eigenvalue weighted by molar-refractivity contribution is 7.22. The first kappa shape index (κ1) is 16.8. The number of fused-ring (bicyclic) bond motifs is 1. The molecule has 0 fully saturated rings. The third kappa shape index (κ3) is 3.21. The van der Waals surface area contributed by atoms with E-state index in [0.29, 0.717) is 16.7 Å². The molecule has 0 saturated heterocycles. The Hall–Kier alpha value is -2.70. The molecule has 0 N–H and O–H groups in total. The number of hydrogen-bond donors (Lipinski definition) is 0. The van der Waals surface area contributed by atoms with Crippen LogP contribution in [0.4, 0.5) is 5.13 Å². The average Bonchev–Trinajstić information content (AvgIpc) is 3.29. The van der Waals surface area contributed by atoms with Gasteiger partial charge >= 0.3 is 0 Å². The van der Waals surface area contributed by atoms with Gasteiger partial charge in [0.15, 0.2) is 10.9 Å². The fourth-order valence-corrected chi connectivity index (χ4v) is 4.09. The van der Waals surface area contributed by atoms with Gasteiger partial charge in [0.2, 0.25) is 0 Å². The molecular weight excluding hydrogens is 370 g/mol. The molecule has 0 spiro atoms. The average molecular weight is 384 g/mol. The van der Waals surface area contributed by atoms with Crippen molar-refractivity contribution in [2.24, 2.45) is 0 Å². The van der Waals surface area contributed by atoms with Crippen LogP contribution in [0.1, 0.15) is 21.8 Å². The van der Waals surface area contributed by atoms with Gasteiger partial charge in [0, 0.05) is 11.2 Å². The Balaban J connectivity index is 1.79. The number of carbonyl (C=O) groups is 1. The predicted molar refractivity (Wildman–Crippen MR) is 103 cm³/mol. The van der Waals surface area contributed by atoms with Gasteiger partial charge < -0.3 is 4.42 Å². The molecule has 130 valence electrons. The van der Waals surface area contributed by atoms with Crippen molar-refractivity contribution >= 4 is 44.2 Å². The Morgan fingerprint density at radius 1 is 1.27 bits per heavy atom. The highest BCUT2D eigenvalue weighted by atomic mass is 35.5. The van der Waals surface area contributed by atoms with Gasteiger partial charge in [-0.15, -0.1) is 0 Å². The third-order valence-electron chi connectivity index (χ3n) is 3.89. The SMILES string of the molecule is Cc1cc(Cl)cc2sc(N(Cc3ccccn3)C(=O)c3ccco3)nc12. The minimum absolute atomic E-state index is 0.259. The quantitative estimate of drug-likeness (QED) is 0.492. The highest BCUT2D eigenvalue weighted by Gasteiger charge is 2.24. The minimum Gasteiger partial charge on any atom is -0.459 e. The van der Waals surface area contributed by atoms with Gasteiger partial charge in [-0.25, -0.2) is 4.98 Å². The maximum Gasteiger partial charge on any atom is 0.296 e. The van der Waals surface area contributed by atoms with Crippen LogP contribution in [0.2, 0.25) is 5.02 Å². The van der Waals surface area contributed by atoms with Gasteiger partial charge in [-0.1, -0.05) is 29.0 Å². The molecule has 0 aliphatic carbocycles. The van der Waals surface area contributed by atoms with E-state index >= 15 is 0 Å². The molecule has 0 atom stereocenters. The van der Waals surface area contributed by atoms with E-state index in [1.807, 2.05) is 37.3 Å². The van der Waals surface area contributed by atoms with Crippen molar-refractivity contribution in [3.05, 3.63) is 77.0 Å². The van der Waals surface area contributed by atoms with Gasteiger partial charge in [0.05, 0.1) is 28.7 Å². The van der Waals surface area contributed by atoms with E-state index in [-0.39, 0.29) is 11.7 Å². The second-order valence-corrected chi connectivity index (χ2v) is 7.20. The fourth-order valence-electron chi connectivity index (χ4n) is 2.67. The van der Waals surface area contributed by atoms with Crippen LogP contribution in [0, 0.1) is 6.92 Å². The van der Waals surface area contributed by atoms with Crippen LogP contribution >= 0.6 is 22.9 Å². The van der Waals surface area contributed by atoms with Crippen LogP contribution in [0.25, 0.3) is 10.2 Å². The molecular formula is C19H14ClN3O2S. The molecule has 0 unspecified atom stereocenters. The Morgan fingerprint density at radius 2 is 2.15 bits per heavy atom. The van der Waals surface area contributed by atoms with Gasteiger partial charge in [0.1, 0.15) is 0 Å². The number of hydrogen-bond acceptors (Lipinski definition) is 5. The molecule has 0 radical (unpaired) electrons. The molecule has 0 aliphatic rings. The molecule has 5 nitrogen and oxygen atoms in total. The fraction of sp³-hybridized carbons (Fsp3) is 0.105. The van der Waals surface area contributed by atoms with Crippen LogP contribution in [-0.2, 0) is 6.54 Å². The number of halogens is 1. The second-order valence-electron chi connectivity index (χ2n) is 5.76. The van der Waals surface area contributed by atoms with Gasteiger partial charge in [0.25, 0.3) is 5.91 Å². The van der Waals surface area contributed by atoms with E-state index in [1.165, 1.54) is 17.6 Å². The molecule has 1 aromatic carbocycles. The van der Waals surface area contributed by atoms with Crippen molar-refractivity contribution in [2.45, 2.75) is 13.5 Å². The first-order valence-electron chi connectivity index (χ1n) is 7.94. The number of carbonyl (C=O) groups excluding carboxylic acids is 1. The summed E-state index contributed by atoms with van der Waals surface area (Å²) in [5, 5.41) is 1.23. The lowest BCUT2D eigenvalue weighted by molar-refractivity contribution is 0.0958. The van der Waals surface area contributed by atoms with Crippen LogP contribution < -0.4 is 4.90 Å². The van der Waals surface area contributed by atoms with Crippen molar-refractivity contribution in [1.29, 1.82) is 0 Å². The van der Waals surface area contributed by atoms with E-state index < -0.39 is 0 Å². The van der Waals surface area contributed by atoms with Crippen LogP contribution in [0.5, 0.6) is 0 Å². The summed E-state index contributed by atoms with van der Waals surface area (Å²) in [5.41, 5.74) is 2.58. The van der Waals surface area contributed by atoms with E-state index in [9.17, 15) is 4.79 Å². The Morgan fingerprint density at radius 3 is 2.88 bits per heavy atom. The standard InChI is InChI=1S/C19H14ClN3O2S/c1-12-9-13(20)10-16-17(12)22-19(26-16)23(11-14-5-2-3-7-21-14)18(24)15-6-4-8-25-15/h2-10H,11H2,1H3. The Bertz CT molecular complexity index is 1060. The summed E-state index contributed by atoms with van der Waals surface area (Å²) >= 11 is 7.58. The van der Waals surface area contributed by atoms with E-state index in [0.717, 1.165) is 21.5 Å². The summed E-state index contributed by atoms with van der Waals surface area (Å²) in [6.07, 6.45) is 3.18. The van der Waals surface area contributed by atoms with Crippen molar-refractivity contribution in [3.63, 3.8) is 0 Å². The second kappa shape index (κ2) is 6.90. The zero-order chi connectivity index (χ0) is 18.1. The third-order valence-corrected chi connectivity index (χ3v) is 5.14. The van der Waals surface area contributed by atoms with Crippen molar-refractivity contribution in [2.75, 3.05) is 4.90 Å². The van der Waals surface area contributed by atoms with Crippen molar-refractivity contribution < 1.29 is 9.21 Å². The number of nitrogens with zero attached hydrogens (tertiary/aromatic N) is 3. The van der Waals surface area contributed by atoms with Crippen LogP contribution in [0.3, 0.4) is 0 Å². The molecule has 0 aliphatic heterocycles. The Kier molecular flexibility index (Phi) is 4.44. The summed E-state index contributed by atoms with van der Waals surface area (Å²) in [7, 11) is 0. The van der Waals surface area contributed by atoms with Crippen molar-refractivity contribution in [3.8, 4) is 0 Å². The summed E-state index contributed by atoms with van der Waals surface area (Å²) in [5.74, 6) is -0.00148. The summed E-state index contributed by atoms with van der Waals surface area (Å²) in [6.45, 7) is 2.25. The van der Waals surface area contributed by atoms with Crippen LogP contribution in [-0.4, -0.2) is 15.9 Å². The minimum atomic E-state index is -0.261. The first-order valence-corrected chi connectivity index (χ1v) is 9.13. The molecule has 7 heteroatoms. The molecule has 4 aromatic rings. The maximum absolute atomic E-state index is 13.0. The largest absolute Gasteiger partial charge is 0.459 e. The van der Waals surface area contributed by atoms with Crippen LogP contribution in [0.15, 0.2) is 59.3 Å². The molecule has 3 heterocycles. The van der Waals surface area contributed by atoms with E-state index in [4.69, 9.17) is 16.0 Å². The number of benzene rings is 1.